The molecule has 1 heterocycles. The zero-order valence-corrected chi connectivity index (χ0v) is 10.9. The Morgan fingerprint density at radius 2 is 2.11 bits per heavy atom. The topological polar surface area (TPSA) is 24.9 Å². The second-order valence-electron chi connectivity index (χ2n) is 5.19. The summed E-state index contributed by atoms with van der Waals surface area (Å²) in [7, 11) is 0. The van der Waals surface area contributed by atoms with E-state index in [1.54, 1.807) is 0 Å². The van der Waals surface area contributed by atoms with Crippen molar-refractivity contribution in [1.82, 2.24) is 10.3 Å². The molecule has 1 unspecified atom stereocenters. The first-order chi connectivity index (χ1) is 8.88. The maximum absolute atomic E-state index is 4.44. The van der Waals surface area contributed by atoms with Gasteiger partial charge in [0, 0.05) is 17.6 Å². The lowest BCUT2D eigenvalue weighted by Gasteiger charge is -2.18. The van der Waals surface area contributed by atoms with E-state index in [-0.39, 0.29) is 0 Å². The summed E-state index contributed by atoms with van der Waals surface area (Å²) in [4.78, 5) is 4.44. The molecule has 1 fully saturated rings. The van der Waals surface area contributed by atoms with Crippen molar-refractivity contribution in [3.8, 4) is 0 Å². The van der Waals surface area contributed by atoms with Gasteiger partial charge in [-0.05, 0) is 49.4 Å². The highest BCUT2D eigenvalue weighted by Gasteiger charge is 2.30. The van der Waals surface area contributed by atoms with Crippen LogP contribution in [0.15, 0.2) is 36.5 Å². The van der Waals surface area contributed by atoms with Crippen molar-refractivity contribution in [3.05, 3.63) is 42.1 Å². The molecular weight excluding hydrogens is 220 g/mol. The first-order valence-corrected chi connectivity index (χ1v) is 6.94. The number of para-hydroxylation sites is 1. The predicted octanol–water partition coefficient (Wildman–Crippen LogP) is 3.17. The van der Waals surface area contributed by atoms with Crippen LogP contribution in [0, 0.1) is 5.92 Å². The normalized spacial score (nSPS) is 16.9. The standard InChI is InChI=1S/C16H20N2/c1-2-17-16(12-7-8-12)11-13-9-10-18-15-6-4-3-5-14(13)15/h3-6,9-10,12,16-17H,2,7-8,11H2,1H3. The molecule has 94 valence electrons. The molecule has 1 aliphatic carbocycles. The van der Waals surface area contributed by atoms with Gasteiger partial charge in [-0.25, -0.2) is 0 Å². The molecule has 3 rings (SSSR count). The third-order valence-electron chi connectivity index (χ3n) is 3.84. The van der Waals surface area contributed by atoms with E-state index in [4.69, 9.17) is 0 Å². The van der Waals surface area contributed by atoms with Crippen molar-refractivity contribution in [3.63, 3.8) is 0 Å². The Hall–Kier alpha value is -1.41. The number of hydrogen-bond donors (Lipinski definition) is 1. The molecule has 0 amide bonds. The minimum absolute atomic E-state index is 0.640. The summed E-state index contributed by atoms with van der Waals surface area (Å²) in [6.07, 6.45) is 5.84. The largest absolute Gasteiger partial charge is 0.314 e. The van der Waals surface area contributed by atoms with E-state index in [1.165, 1.54) is 23.8 Å². The minimum atomic E-state index is 0.640. The molecule has 0 bridgehead atoms. The lowest BCUT2D eigenvalue weighted by molar-refractivity contribution is 0.473. The van der Waals surface area contributed by atoms with Gasteiger partial charge in [0.05, 0.1) is 5.52 Å². The average Bonchev–Trinajstić information content (AvgIpc) is 3.23. The number of likely N-dealkylation sites (N-methyl/N-ethyl adjacent to an activating group) is 1. The average molecular weight is 240 g/mol. The first kappa shape index (κ1) is 11.7. The van der Waals surface area contributed by atoms with Crippen molar-refractivity contribution in [2.24, 2.45) is 5.92 Å². The third-order valence-corrected chi connectivity index (χ3v) is 3.84. The molecular formula is C16H20N2. The lowest BCUT2D eigenvalue weighted by atomic mass is 9.99. The second-order valence-corrected chi connectivity index (χ2v) is 5.19. The molecule has 2 nitrogen and oxygen atoms in total. The molecule has 1 atom stereocenters. The smallest absolute Gasteiger partial charge is 0.0704 e. The zero-order chi connectivity index (χ0) is 12.4. The van der Waals surface area contributed by atoms with E-state index >= 15 is 0 Å². The fourth-order valence-electron chi connectivity index (χ4n) is 2.74. The molecule has 0 saturated heterocycles. The molecule has 1 aromatic heterocycles. The van der Waals surface area contributed by atoms with E-state index in [9.17, 15) is 0 Å². The molecule has 2 aromatic rings. The summed E-state index contributed by atoms with van der Waals surface area (Å²) in [5.41, 5.74) is 2.54. The Bertz CT molecular complexity index is 526. The van der Waals surface area contributed by atoms with E-state index in [1.807, 2.05) is 6.20 Å². The van der Waals surface area contributed by atoms with Crippen molar-refractivity contribution in [2.45, 2.75) is 32.2 Å². The van der Waals surface area contributed by atoms with Gasteiger partial charge in [-0.1, -0.05) is 25.1 Å². The van der Waals surface area contributed by atoms with Gasteiger partial charge in [0.2, 0.25) is 0 Å². The molecule has 2 heteroatoms. The molecule has 0 spiro atoms. The second kappa shape index (κ2) is 5.07. The molecule has 1 aromatic carbocycles. The molecule has 1 saturated carbocycles. The Labute approximate surface area is 108 Å². The summed E-state index contributed by atoms with van der Waals surface area (Å²) >= 11 is 0. The highest BCUT2D eigenvalue weighted by atomic mass is 14.9. The van der Waals surface area contributed by atoms with E-state index in [0.29, 0.717) is 6.04 Å². The van der Waals surface area contributed by atoms with Gasteiger partial charge in [-0.2, -0.15) is 0 Å². The fraction of sp³-hybridized carbons (Fsp3) is 0.438. The number of hydrogen-bond acceptors (Lipinski definition) is 2. The predicted molar refractivity (Wildman–Crippen MR) is 75.6 cm³/mol. The van der Waals surface area contributed by atoms with Crippen LogP contribution in [0.3, 0.4) is 0 Å². The Morgan fingerprint density at radius 1 is 1.28 bits per heavy atom. The molecule has 18 heavy (non-hydrogen) atoms. The monoisotopic (exact) mass is 240 g/mol. The molecule has 1 N–H and O–H groups in total. The van der Waals surface area contributed by atoms with Gasteiger partial charge in [0.1, 0.15) is 0 Å². The molecule has 0 radical (unpaired) electrons. The minimum Gasteiger partial charge on any atom is -0.314 e. The highest BCUT2D eigenvalue weighted by molar-refractivity contribution is 5.81. The number of fused-ring (bicyclic) bond motifs is 1. The molecule has 1 aliphatic rings. The third kappa shape index (κ3) is 2.39. The van der Waals surface area contributed by atoms with Gasteiger partial charge in [0.15, 0.2) is 0 Å². The van der Waals surface area contributed by atoms with Crippen LogP contribution in [0.25, 0.3) is 10.9 Å². The fourth-order valence-corrected chi connectivity index (χ4v) is 2.74. The number of aromatic nitrogens is 1. The highest BCUT2D eigenvalue weighted by Crippen LogP contribution is 2.34. The Balaban J connectivity index is 1.88. The first-order valence-electron chi connectivity index (χ1n) is 6.94. The number of benzene rings is 1. The van der Waals surface area contributed by atoms with Crippen LogP contribution in [0.5, 0.6) is 0 Å². The zero-order valence-electron chi connectivity index (χ0n) is 10.9. The van der Waals surface area contributed by atoms with Gasteiger partial charge in [-0.15, -0.1) is 0 Å². The summed E-state index contributed by atoms with van der Waals surface area (Å²) in [5, 5.41) is 4.95. The van der Waals surface area contributed by atoms with Crippen LogP contribution in [0.4, 0.5) is 0 Å². The summed E-state index contributed by atoms with van der Waals surface area (Å²) in [6.45, 7) is 3.25. The summed E-state index contributed by atoms with van der Waals surface area (Å²) < 4.78 is 0. The van der Waals surface area contributed by atoms with Gasteiger partial charge < -0.3 is 5.32 Å². The van der Waals surface area contributed by atoms with E-state index in [2.05, 4.69) is 47.6 Å². The van der Waals surface area contributed by atoms with Crippen molar-refractivity contribution < 1.29 is 0 Å². The van der Waals surface area contributed by atoms with Crippen LogP contribution >= 0.6 is 0 Å². The van der Waals surface area contributed by atoms with E-state index in [0.717, 1.165) is 24.4 Å². The molecule has 0 aliphatic heterocycles. The quantitative estimate of drug-likeness (QED) is 0.868. The summed E-state index contributed by atoms with van der Waals surface area (Å²) in [6, 6.07) is 11.3. The SMILES string of the molecule is CCNC(Cc1ccnc2ccccc12)C1CC1. The maximum Gasteiger partial charge on any atom is 0.0704 e. The maximum atomic E-state index is 4.44. The van der Waals surface area contributed by atoms with Crippen LogP contribution in [0.2, 0.25) is 0 Å². The number of nitrogens with one attached hydrogen (secondary N) is 1. The van der Waals surface area contributed by atoms with Crippen LogP contribution in [-0.4, -0.2) is 17.6 Å². The van der Waals surface area contributed by atoms with Crippen LogP contribution in [-0.2, 0) is 6.42 Å². The lowest BCUT2D eigenvalue weighted by Crippen LogP contribution is -2.32. The number of nitrogens with zero attached hydrogens (tertiary/aromatic N) is 1. The van der Waals surface area contributed by atoms with E-state index < -0.39 is 0 Å². The number of pyridine rings is 1. The Kier molecular flexibility index (Phi) is 3.28. The Morgan fingerprint density at radius 3 is 2.89 bits per heavy atom. The van der Waals surface area contributed by atoms with Gasteiger partial charge in [-0.3, -0.25) is 4.98 Å². The van der Waals surface area contributed by atoms with Crippen molar-refractivity contribution in [2.75, 3.05) is 6.54 Å². The summed E-state index contributed by atoms with van der Waals surface area (Å²) in [5.74, 6) is 0.886. The van der Waals surface area contributed by atoms with Gasteiger partial charge in [0.25, 0.3) is 0 Å². The van der Waals surface area contributed by atoms with Crippen LogP contribution in [0.1, 0.15) is 25.3 Å². The number of rotatable bonds is 5. The van der Waals surface area contributed by atoms with Crippen molar-refractivity contribution in [1.29, 1.82) is 0 Å². The van der Waals surface area contributed by atoms with Crippen molar-refractivity contribution >= 4 is 10.9 Å². The van der Waals surface area contributed by atoms with Crippen LogP contribution < -0.4 is 5.32 Å². The van der Waals surface area contributed by atoms with Gasteiger partial charge >= 0.3 is 0 Å².